The van der Waals surface area contributed by atoms with Gasteiger partial charge in [0.05, 0.1) is 6.61 Å². The number of rotatable bonds is 2. The van der Waals surface area contributed by atoms with E-state index in [-0.39, 0.29) is 6.61 Å². The van der Waals surface area contributed by atoms with Crippen LogP contribution in [0.25, 0.3) is 0 Å². The average molecular weight is 344 g/mol. The van der Waals surface area contributed by atoms with E-state index >= 15 is 0 Å². The zero-order valence-corrected chi connectivity index (χ0v) is 13.0. The van der Waals surface area contributed by atoms with E-state index in [0.29, 0.717) is 0 Å². The molecule has 8 nitrogen and oxygen atoms in total. The van der Waals surface area contributed by atoms with Crippen LogP contribution < -0.4 is 0 Å². The second-order valence-corrected chi connectivity index (χ2v) is 6.69. The molecule has 1 aromatic carbocycles. The van der Waals surface area contributed by atoms with Crippen LogP contribution in [0, 0.1) is 0 Å². The molecule has 0 spiro atoms. The predicted octanol–water partition coefficient (Wildman–Crippen LogP) is 0.501. The molecule has 0 bridgehead atoms. The maximum Gasteiger partial charge on any atom is 0.400 e. The monoisotopic (exact) mass is 344 g/mol. The lowest BCUT2D eigenvalue weighted by atomic mass is 9.98. The third-order valence-corrected chi connectivity index (χ3v) is 4.96. The van der Waals surface area contributed by atoms with E-state index in [0.717, 1.165) is 5.56 Å². The molecule has 3 aliphatic heterocycles. The van der Waals surface area contributed by atoms with Crippen molar-refractivity contribution in [3.63, 3.8) is 0 Å². The van der Waals surface area contributed by atoms with Gasteiger partial charge in [-0.05, 0) is 0 Å². The van der Waals surface area contributed by atoms with Gasteiger partial charge in [-0.2, -0.15) is 8.42 Å². The lowest BCUT2D eigenvalue weighted by Crippen LogP contribution is -2.61. The molecule has 126 valence electrons. The van der Waals surface area contributed by atoms with Crippen molar-refractivity contribution in [2.24, 2.45) is 0 Å². The van der Waals surface area contributed by atoms with Crippen molar-refractivity contribution >= 4 is 10.4 Å². The molecule has 0 unspecified atom stereocenters. The summed E-state index contributed by atoms with van der Waals surface area (Å²) in [7, 11) is -2.67. The summed E-state index contributed by atoms with van der Waals surface area (Å²) in [6, 6.07) is 9.36. The molecule has 6 atom stereocenters. The van der Waals surface area contributed by atoms with Crippen LogP contribution in [0.15, 0.2) is 30.3 Å². The lowest BCUT2D eigenvalue weighted by Gasteiger charge is -2.44. The Morgan fingerprint density at radius 3 is 2.52 bits per heavy atom. The fourth-order valence-corrected chi connectivity index (χ4v) is 4.03. The first kappa shape index (κ1) is 15.5. The SMILES string of the molecule is CO[C@H]1O[C@@H]2CO[C@@H](c3ccccc3)O[C@H]2[C@@H]2OS(=O)(=O)O[C@@H]12. The van der Waals surface area contributed by atoms with Crippen LogP contribution >= 0.6 is 0 Å². The summed E-state index contributed by atoms with van der Waals surface area (Å²) in [5.74, 6) is 0. The molecule has 3 heterocycles. The smallest absolute Gasteiger partial charge is 0.353 e. The summed E-state index contributed by atoms with van der Waals surface area (Å²) in [6.07, 6.45) is -4.35. The molecule has 0 N–H and O–H groups in total. The first-order chi connectivity index (χ1) is 11.1. The summed E-state index contributed by atoms with van der Waals surface area (Å²) in [6.45, 7) is 0.233. The number of ether oxygens (including phenoxy) is 4. The summed E-state index contributed by atoms with van der Waals surface area (Å²) in [4.78, 5) is 0. The van der Waals surface area contributed by atoms with Crippen molar-refractivity contribution in [3.8, 4) is 0 Å². The molecule has 1 aromatic rings. The van der Waals surface area contributed by atoms with Gasteiger partial charge in [0.25, 0.3) is 0 Å². The molecule has 4 rings (SSSR count). The Labute approximate surface area is 133 Å². The number of hydrogen-bond acceptors (Lipinski definition) is 8. The first-order valence-electron chi connectivity index (χ1n) is 7.19. The molecule has 3 saturated heterocycles. The van der Waals surface area contributed by atoms with E-state index in [9.17, 15) is 8.42 Å². The summed E-state index contributed by atoms with van der Waals surface area (Å²) >= 11 is 0. The van der Waals surface area contributed by atoms with Crippen molar-refractivity contribution in [1.29, 1.82) is 0 Å². The van der Waals surface area contributed by atoms with Crippen molar-refractivity contribution in [2.45, 2.75) is 37.0 Å². The fourth-order valence-electron chi connectivity index (χ4n) is 3.02. The topological polar surface area (TPSA) is 89.5 Å². The highest BCUT2D eigenvalue weighted by atomic mass is 32.3. The Hall–Kier alpha value is -1.07. The van der Waals surface area contributed by atoms with Crippen molar-refractivity contribution in [1.82, 2.24) is 0 Å². The largest absolute Gasteiger partial charge is 0.400 e. The van der Waals surface area contributed by atoms with Gasteiger partial charge >= 0.3 is 10.4 Å². The van der Waals surface area contributed by atoms with E-state index in [1.165, 1.54) is 7.11 Å². The van der Waals surface area contributed by atoms with Crippen LogP contribution in [-0.4, -0.2) is 52.8 Å². The summed E-state index contributed by atoms with van der Waals surface area (Å²) in [5.41, 5.74) is 0.832. The van der Waals surface area contributed by atoms with Gasteiger partial charge < -0.3 is 18.9 Å². The van der Waals surface area contributed by atoms with E-state index < -0.39 is 47.4 Å². The average Bonchev–Trinajstić information content (AvgIpc) is 2.90. The van der Waals surface area contributed by atoms with Gasteiger partial charge in [-0.15, -0.1) is 0 Å². The molecule has 3 fully saturated rings. The highest BCUT2D eigenvalue weighted by Gasteiger charge is 2.58. The molecule has 0 radical (unpaired) electrons. The standard InChI is InChI=1S/C14H16O8S/c1-17-14-12-11(21-23(15,16)22-12)10-9(19-14)7-18-13(20-10)8-5-3-2-4-6-8/h2-6,9-14H,7H2,1H3/t9-,10-,11+,12-,13-,14+/m1/s1. The Kier molecular flexibility index (Phi) is 3.88. The third-order valence-electron chi connectivity index (χ3n) is 4.05. The second kappa shape index (κ2) is 5.78. The fraction of sp³-hybridized carbons (Fsp3) is 0.571. The zero-order chi connectivity index (χ0) is 16.0. The van der Waals surface area contributed by atoms with Crippen LogP contribution in [0.1, 0.15) is 11.9 Å². The van der Waals surface area contributed by atoms with Gasteiger partial charge in [-0.25, -0.2) is 8.37 Å². The van der Waals surface area contributed by atoms with Crippen molar-refractivity contribution in [3.05, 3.63) is 35.9 Å². The van der Waals surface area contributed by atoms with Crippen molar-refractivity contribution in [2.75, 3.05) is 13.7 Å². The third kappa shape index (κ3) is 2.78. The minimum absolute atomic E-state index is 0.233. The van der Waals surface area contributed by atoms with Crippen LogP contribution in [0.5, 0.6) is 0 Å². The van der Waals surface area contributed by atoms with E-state index in [1.807, 2.05) is 30.3 Å². The Balaban J connectivity index is 1.59. The van der Waals surface area contributed by atoms with Gasteiger partial charge in [0.15, 0.2) is 18.7 Å². The molecular formula is C14H16O8S. The maximum absolute atomic E-state index is 11.6. The molecule has 23 heavy (non-hydrogen) atoms. The van der Waals surface area contributed by atoms with E-state index in [1.54, 1.807) is 0 Å². The van der Waals surface area contributed by atoms with Crippen LogP contribution in [-0.2, 0) is 37.7 Å². The van der Waals surface area contributed by atoms with Crippen LogP contribution in [0.4, 0.5) is 0 Å². The van der Waals surface area contributed by atoms with Gasteiger partial charge in [-0.3, -0.25) is 0 Å². The van der Waals surface area contributed by atoms with Gasteiger partial charge in [-0.1, -0.05) is 30.3 Å². The highest BCUT2D eigenvalue weighted by Crippen LogP contribution is 2.40. The molecular weight excluding hydrogens is 328 g/mol. The van der Waals surface area contributed by atoms with Crippen LogP contribution in [0.3, 0.4) is 0 Å². The number of fused-ring (bicyclic) bond motifs is 3. The van der Waals surface area contributed by atoms with E-state index in [2.05, 4.69) is 0 Å². The quantitative estimate of drug-likeness (QED) is 0.766. The number of benzene rings is 1. The molecule has 0 aliphatic carbocycles. The lowest BCUT2D eigenvalue weighted by molar-refractivity contribution is -0.343. The van der Waals surface area contributed by atoms with Crippen molar-refractivity contribution < 1.29 is 35.7 Å². The van der Waals surface area contributed by atoms with E-state index in [4.69, 9.17) is 27.3 Å². The molecule has 3 aliphatic rings. The molecule has 0 saturated carbocycles. The Morgan fingerprint density at radius 1 is 1.04 bits per heavy atom. The Morgan fingerprint density at radius 2 is 1.78 bits per heavy atom. The second-order valence-electron chi connectivity index (χ2n) is 5.49. The number of methoxy groups -OCH3 is 1. The first-order valence-corrected chi connectivity index (χ1v) is 8.52. The summed E-state index contributed by atoms with van der Waals surface area (Å²) < 4.78 is 55.7. The van der Waals surface area contributed by atoms with Gasteiger partial charge in [0.2, 0.25) is 0 Å². The Bertz CT molecular complexity index is 663. The molecule has 0 aromatic heterocycles. The minimum Gasteiger partial charge on any atom is -0.353 e. The maximum atomic E-state index is 11.6. The summed E-state index contributed by atoms with van der Waals surface area (Å²) in [5, 5.41) is 0. The van der Waals surface area contributed by atoms with Gasteiger partial charge in [0.1, 0.15) is 18.3 Å². The predicted molar refractivity (Wildman–Crippen MR) is 74.3 cm³/mol. The normalized spacial score (nSPS) is 42.0. The number of hydrogen-bond donors (Lipinski definition) is 0. The minimum atomic E-state index is -4.09. The molecule has 0 amide bonds. The van der Waals surface area contributed by atoms with Crippen LogP contribution in [0.2, 0.25) is 0 Å². The highest BCUT2D eigenvalue weighted by molar-refractivity contribution is 7.82. The van der Waals surface area contributed by atoms with Gasteiger partial charge in [0, 0.05) is 12.7 Å². The molecule has 9 heteroatoms. The zero-order valence-electron chi connectivity index (χ0n) is 12.2.